The molecule has 0 N–H and O–H groups in total. The van der Waals surface area contributed by atoms with Gasteiger partial charge in [-0.25, -0.2) is 9.97 Å². The van der Waals surface area contributed by atoms with Crippen LogP contribution in [0.15, 0.2) is 55.0 Å². The fourth-order valence-electron chi connectivity index (χ4n) is 2.90. The third-order valence-corrected chi connectivity index (χ3v) is 3.97. The number of carbonyl (C=O) groups is 1. The minimum Gasteiger partial charge on any atom is -0.304 e. The average molecular weight is 319 g/mol. The zero-order valence-electron chi connectivity index (χ0n) is 13.5. The van der Waals surface area contributed by atoms with E-state index < -0.39 is 0 Å². The van der Waals surface area contributed by atoms with Gasteiger partial charge in [0, 0.05) is 12.7 Å². The first kappa shape index (κ1) is 14.6. The summed E-state index contributed by atoms with van der Waals surface area (Å²) in [4.78, 5) is 24.0. The molecule has 4 rings (SSSR count). The molecule has 0 amide bonds. The number of para-hydroxylation sites is 2. The fourth-order valence-corrected chi connectivity index (χ4v) is 2.90. The highest BCUT2D eigenvalue weighted by molar-refractivity contribution is 6.01. The van der Waals surface area contributed by atoms with Gasteiger partial charge in [0.05, 0.1) is 16.7 Å². The zero-order valence-corrected chi connectivity index (χ0v) is 13.5. The van der Waals surface area contributed by atoms with Crippen LogP contribution < -0.4 is 0 Å². The molecule has 6 nitrogen and oxygen atoms in total. The molecule has 0 saturated carbocycles. The summed E-state index contributed by atoms with van der Waals surface area (Å²) < 4.78 is 3.53. The second kappa shape index (κ2) is 5.58. The van der Waals surface area contributed by atoms with Gasteiger partial charge in [-0.3, -0.25) is 9.36 Å². The Balaban J connectivity index is 1.90. The molecule has 4 aromatic rings. The SMILES string of the molecule is CN(C)Cc1c(C(=O)n2cnc3ccccc32)nc2ccccn12. The number of nitrogens with zero attached hydrogens (tertiary/aromatic N) is 5. The van der Waals surface area contributed by atoms with Crippen molar-refractivity contribution in [3.05, 3.63) is 66.4 Å². The Morgan fingerprint density at radius 2 is 1.92 bits per heavy atom. The molecule has 120 valence electrons. The van der Waals surface area contributed by atoms with E-state index in [9.17, 15) is 4.79 Å². The smallest absolute Gasteiger partial charge is 0.284 e. The van der Waals surface area contributed by atoms with Crippen LogP contribution in [0.2, 0.25) is 0 Å². The van der Waals surface area contributed by atoms with Crippen LogP contribution in [0.1, 0.15) is 16.2 Å². The molecule has 0 saturated heterocycles. The van der Waals surface area contributed by atoms with Gasteiger partial charge in [-0.15, -0.1) is 0 Å². The van der Waals surface area contributed by atoms with E-state index in [1.54, 1.807) is 10.9 Å². The normalized spacial score (nSPS) is 11.6. The molecule has 3 aromatic heterocycles. The van der Waals surface area contributed by atoms with Crippen molar-refractivity contribution < 1.29 is 4.79 Å². The molecule has 0 unspecified atom stereocenters. The number of fused-ring (bicyclic) bond motifs is 2. The fraction of sp³-hybridized carbons (Fsp3) is 0.167. The monoisotopic (exact) mass is 319 g/mol. The highest BCUT2D eigenvalue weighted by Gasteiger charge is 2.22. The maximum absolute atomic E-state index is 13.1. The van der Waals surface area contributed by atoms with Gasteiger partial charge in [0.15, 0.2) is 5.69 Å². The Morgan fingerprint density at radius 1 is 1.12 bits per heavy atom. The maximum Gasteiger partial charge on any atom is 0.284 e. The summed E-state index contributed by atoms with van der Waals surface area (Å²) in [5.74, 6) is -0.163. The van der Waals surface area contributed by atoms with E-state index in [4.69, 9.17) is 0 Å². The van der Waals surface area contributed by atoms with Crippen LogP contribution in [0.3, 0.4) is 0 Å². The van der Waals surface area contributed by atoms with Gasteiger partial charge in [-0.2, -0.15) is 0 Å². The Morgan fingerprint density at radius 3 is 2.75 bits per heavy atom. The molecule has 0 atom stereocenters. The standard InChI is InChI=1S/C18H17N5O/c1-21(2)11-15-17(20-16-9-5-6-10-22(15)16)18(24)23-12-19-13-7-3-4-8-14(13)23/h3-10,12H,11H2,1-2H3. The largest absolute Gasteiger partial charge is 0.304 e. The van der Waals surface area contributed by atoms with Crippen molar-refractivity contribution >= 4 is 22.6 Å². The molecule has 1 aromatic carbocycles. The zero-order chi connectivity index (χ0) is 16.7. The predicted octanol–water partition coefficient (Wildman–Crippen LogP) is 2.43. The molecular weight excluding hydrogens is 302 g/mol. The third kappa shape index (κ3) is 2.28. The van der Waals surface area contributed by atoms with Crippen LogP contribution in [0, 0.1) is 0 Å². The Labute approximate surface area is 139 Å². The van der Waals surface area contributed by atoms with Crippen molar-refractivity contribution in [3.63, 3.8) is 0 Å². The van der Waals surface area contributed by atoms with Crippen LogP contribution >= 0.6 is 0 Å². The molecule has 0 spiro atoms. The van der Waals surface area contributed by atoms with E-state index in [0.717, 1.165) is 22.4 Å². The van der Waals surface area contributed by atoms with Crippen molar-refractivity contribution in [1.82, 2.24) is 23.8 Å². The first-order valence-corrected chi connectivity index (χ1v) is 7.72. The lowest BCUT2D eigenvalue weighted by atomic mass is 10.2. The number of imidazole rings is 2. The van der Waals surface area contributed by atoms with Gasteiger partial charge in [0.1, 0.15) is 12.0 Å². The van der Waals surface area contributed by atoms with Crippen molar-refractivity contribution in [1.29, 1.82) is 0 Å². The van der Waals surface area contributed by atoms with E-state index in [-0.39, 0.29) is 5.91 Å². The van der Waals surface area contributed by atoms with Crippen molar-refractivity contribution in [2.45, 2.75) is 6.54 Å². The van der Waals surface area contributed by atoms with Crippen LogP contribution in [0.25, 0.3) is 16.7 Å². The number of pyridine rings is 1. The quantitative estimate of drug-likeness (QED) is 0.582. The number of hydrogen-bond donors (Lipinski definition) is 0. The predicted molar refractivity (Wildman–Crippen MR) is 92.0 cm³/mol. The van der Waals surface area contributed by atoms with Gasteiger partial charge < -0.3 is 9.30 Å². The maximum atomic E-state index is 13.1. The molecule has 3 heterocycles. The molecule has 0 radical (unpaired) electrons. The van der Waals surface area contributed by atoms with Crippen molar-refractivity contribution in [2.24, 2.45) is 0 Å². The minimum absolute atomic E-state index is 0.163. The summed E-state index contributed by atoms with van der Waals surface area (Å²) >= 11 is 0. The molecule has 24 heavy (non-hydrogen) atoms. The average Bonchev–Trinajstić information content (AvgIpc) is 3.16. The van der Waals surface area contributed by atoms with Crippen LogP contribution in [0.4, 0.5) is 0 Å². The Bertz CT molecular complexity index is 1040. The van der Waals surface area contributed by atoms with Crippen molar-refractivity contribution in [3.8, 4) is 0 Å². The molecule has 0 fully saturated rings. The van der Waals surface area contributed by atoms with Gasteiger partial charge in [-0.1, -0.05) is 18.2 Å². The summed E-state index contributed by atoms with van der Waals surface area (Å²) in [7, 11) is 3.95. The van der Waals surface area contributed by atoms with E-state index in [1.807, 2.05) is 72.1 Å². The highest BCUT2D eigenvalue weighted by atomic mass is 16.2. The van der Waals surface area contributed by atoms with Crippen LogP contribution in [-0.2, 0) is 6.54 Å². The Kier molecular flexibility index (Phi) is 3.39. The summed E-state index contributed by atoms with van der Waals surface area (Å²) in [6, 6.07) is 13.4. The molecule has 6 heteroatoms. The Hall–Kier alpha value is -2.99. The number of benzene rings is 1. The van der Waals surface area contributed by atoms with Crippen LogP contribution in [0.5, 0.6) is 0 Å². The van der Waals surface area contributed by atoms with Crippen LogP contribution in [-0.4, -0.2) is 43.8 Å². The van der Waals surface area contributed by atoms with E-state index in [2.05, 4.69) is 9.97 Å². The summed E-state index contributed by atoms with van der Waals surface area (Å²) in [5, 5.41) is 0. The first-order valence-electron chi connectivity index (χ1n) is 7.72. The van der Waals surface area contributed by atoms with Gasteiger partial charge in [-0.05, 0) is 38.4 Å². The van der Waals surface area contributed by atoms with Gasteiger partial charge >= 0.3 is 0 Å². The molecule has 0 bridgehead atoms. The lowest BCUT2D eigenvalue weighted by molar-refractivity contribution is 0.0958. The molecule has 0 aliphatic rings. The summed E-state index contributed by atoms with van der Waals surface area (Å²) in [6.45, 7) is 0.624. The first-order chi connectivity index (χ1) is 11.6. The lowest BCUT2D eigenvalue weighted by Crippen LogP contribution is -2.18. The molecule has 0 aliphatic heterocycles. The van der Waals surface area contributed by atoms with E-state index in [0.29, 0.717) is 12.2 Å². The van der Waals surface area contributed by atoms with E-state index in [1.165, 1.54) is 0 Å². The minimum atomic E-state index is -0.163. The second-order valence-electron chi connectivity index (χ2n) is 5.98. The van der Waals surface area contributed by atoms with Gasteiger partial charge in [0.2, 0.25) is 0 Å². The number of carbonyl (C=O) groups excluding carboxylic acids is 1. The molecule has 0 aliphatic carbocycles. The lowest BCUT2D eigenvalue weighted by Gasteiger charge is -2.11. The van der Waals surface area contributed by atoms with Gasteiger partial charge in [0.25, 0.3) is 5.91 Å². The summed E-state index contributed by atoms with van der Waals surface area (Å²) in [6.07, 6.45) is 3.50. The third-order valence-electron chi connectivity index (χ3n) is 3.97. The second-order valence-corrected chi connectivity index (χ2v) is 5.98. The number of aromatic nitrogens is 4. The highest BCUT2D eigenvalue weighted by Crippen LogP contribution is 2.18. The molecular formula is C18H17N5O. The topological polar surface area (TPSA) is 55.4 Å². The number of rotatable bonds is 3. The van der Waals surface area contributed by atoms with E-state index >= 15 is 0 Å². The summed E-state index contributed by atoms with van der Waals surface area (Å²) in [5.41, 5.74) is 3.68. The number of hydrogen-bond acceptors (Lipinski definition) is 4. The van der Waals surface area contributed by atoms with Crippen molar-refractivity contribution in [2.75, 3.05) is 14.1 Å².